The topological polar surface area (TPSA) is 46.1 Å². The van der Waals surface area contributed by atoms with Gasteiger partial charge >= 0.3 is 0 Å². The van der Waals surface area contributed by atoms with Crippen molar-refractivity contribution in [2.24, 2.45) is 4.99 Å². The van der Waals surface area contributed by atoms with E-state index in [1.807, 2.05) is 7.05 Å². The number of piperazine rings is 3. The van der Waals surface area contributed by atoms with Crippen LogP contribution in [0.25, 0.3) is 0 Å². The number of fused-ring (bicyclic) bond motifs is 3. The molecule has 0 aromatic heterocycles. The molecule has 5 fully saturated rings. The predicted molar refractivity (Wildman–Crippen MR) is 93.9 cm³/mol. The number of hydrogen-bond donors (Lipinski definition) is 2. The van der Waals surface area contributed by atoms with Gasteiger partial charge in [-0.3, -0.25) is 14.8 Å². The summed E-state index contributed by atoms with van der Waals surface area (Å²) in [5.74, 6) is 0.993. The van der Waals surface area contributed by atoms with Crippen LogP contribution >= 0.6 is 0 Å². The number of aliphatic imine (C=N–C) groups is 1. The molecule has 2 N–H and O–H groups in total. The van der Waals surface area contributed by atoms with Crippen molar-refractivity contribution in [2.45, 2.75) is 43.8 Å². The zero-order valence-corrected chi connectivity index (χ0v) is 14.5. The molecule has 5 aliphatic rings. The SMILES string of the molecule is CN=C(NCC1CN2CCN1CC2)NC1CCN(C2CC2)CC1. The Morgan fingerprint density at radius 3 is 2.26 bits per heavy atom. The van der Waals surface area contributed by atoms with Crippen molar-refractivity contribution in [3.8, 4) is 0 Å². The number of guanidine groups is 1. The van der Waals surface area contributed by atoms with Gasteiger partial charge in [0.25, 0.3) is 0 Å². The predicted octanol–water partition coefficient (Wildman–Crippen LogP) is -0.222. The second-order valence-corrected chi connectivity index (χ2v) is 7.63. The number of rotatable bonds is 4. The Morgan fingerprint density at radius 1 is 0.957 bits per heavy atom. The minimum Gasteiger partial charge on any atom is -0.355 e. The van der Waals surface area contributed by atoms with Crippen molar-refractivity contribution in [3.63, 3.8) is 0 Å². The number of nitrogens with one attached hydrogen (secondary N) is 2. The van der Waals surface area contributed by atoms with Crippen molar-refractivity contribution in [2.75, 3.05) is 59.4 Å². The van der Waals surface area contributed by atoms with Gasteiger partial charge in [0.15, 0.2) is 5.96 Å². The Morgan fingerprint density at radius 2 is 1.70 bits per heavy atom. The van der Waals surface area contributed by atoms with Crippen LogP contribution in [-0.4, -0.2) is 98.2 Å². The molecular weight excluding hydrogens is 288 g/mol. The van der Waals surface area contributed by atoms with E-state index in [0.29, 0.717) is 12.1 Å². The fourth-order valence-electron chi connectivity index (χ4n) is 4.37. The molecule has 4 saturated heterocycles. The Kier molecular flexibility index (Phi) is 4.73. The van der Waals surface area contributed by atoms with Gasteiger partial charge in [-0.1, -0.05) is 0 Å². The Labute approximate surface area is 140 Å². The van der Waals surface area contributed by atoms with Gasteiger partial charge in [0.05, 0.1) is 0 Å². The third-order valence-corrected chi connectivity index (χ3v) is 6.05. The molecule has 0 spiro atoms. The van der Waals surface area contributed by atoms with E-state index in [0.717, 1.165) is 18.5 Å². The maximum atomic E-state index is 4.44. The van der Waals surface area contributed by atoms with Crippen molar-refractivity contribution in [3.05, 3.63) is 0 Å². The molecule has 4 aliphatic heterocycles. The molecule has 1 aliphatic carbocycles. The van der Waals surface area contributed by atoms with E-state index in [-0.39, 0.29) is 0 Å². The summed E-state index contributed by atoms with van der Waals surface area (Å²) < 4.78 is 0. The normalized spacial score (nSPS) is 36.2. The first-order chi connectivity index (χ1) is 11.3. The molecule has 6 nitrogen and oxygen atoms in total. The molecule has 2 bridgehead atoms. The van der Waals surface area contributed by atoms with Gasteiger partial charge in [0.1, 0.15) is 0 Å². The van der Waals surface area contributed by atoms with E-state index in [1.54, 1.807) is 0 Å². The number of hydrogen-bond acceptors (Lipinski definition) is 4. The summed E-state index contributed by atoms with van der Waals surface area (Å²) in [6, 6.07) is 2.15. The summed E-state index contributed by atoms with van der Waals surface area (Å²) >= 11 is 0. The summed E-state index contributed by atoms with van der Waals surface area (Å²) in [6.45, 7) is 9.71. The highest BCUT2D eigenvalue weighted by Gasteiger charge is 2.33. The van der Waals surface area contributed by atoms with Crippen LogP contribution in [0.2, 0.25) is 0 Å². The largest absolute Gasteiger partial charge is 0.355 e. The summed E-state index contributed by atoms with van der Waals surface area (Å²) in [5, 5.41) is 7.22. The summed E-state index contributed by atoms with van der Waals surface area (Å²) in [7, 11) is 1.89. The fraction of sp³-hybridized carbons (Fsp3) is 0.941. The van der Waals surface area contributed by atoms with Gasteiger partial charge in [0, 0.05) is 77.5 Å². The van der Waals surface area contributed by atoms with Crippen molar-refractivity contribution < 1.29 is 0 Å². The molecule has 0 aromatic carbocycles. The molecule has 23 heavy (non-hydrogen) atoms. The molecular formula is C17H32N6. The van der Waals surface area contributed by atoms with Gasteiger partial charge in [0.2, 0.25) is 0 Å². The van der Waals surface area contributed by atoms with E-state index in [4.69, 9.17) is 0 Å². The van der Waals surface area contributed by atoms with Crippen LogP contribution in [0, 0.1) is 0 Å². The summed E-state index contributed by atoms with van der Waals surface area (Å²) in [5.41, 5.74) is 0. The number of piperidine rings is 1. The second-order valence-electron chi connectivity index (χ2n) is 7.63. The van der Waals surface area contributed by atoms with Gasteiger partial charge in [-0.15, -0.1) is 0 Å². The third-order valence-electron chi connectivity index (χ3n) is 6.05. The minimum atomic E-state index is 0.586. The van der Waals surface area contributed by atoms with Crippen LogP contribution in [0.15, 0.2) is 4.99 Å². The van der Waals surface area contributed by atoms with E-state index in [2.05, 4.69) is 30.3 Å². The molecule has 5 rings (SSSR count). The van der Waals surface area contributed by atoms with Crippen LogP contribution in [-0.2, 0) is 0 Å². The molecule has 1 unspecified atom stereocenters. The van der Waals surface area contributed by atoms with Crippen LogP contribution < -0.4 is 10.6 Å². The monoisotopic (exact) mass is 320 g/mol. The molecule has 6 heteroatoms. The zero-order valence-electron chi connectivity index (χ0n) is 14.5. The lowest BCUT2D eigenvalue weighted by molar-refractivity contribution is 0.0154. The first-order valence-corrected chi connectivity index (χ1v) is 9.49. The lowest BCUT2D eigenvalue weighted by Crippen LogP contribution is -2.64. The molecule has 0 aromatic rings. The van der Waals surface area contributed by atoms with E-state index < -0.39 is 0 Å². The Balaban J connectivity index is 1.20. The molecule has 1 saturated carbocycles. The lowest BCUT2D eigenvalue weighted by atomic mass is 10.1. The van der Waals surface area contributed by atoms with Crippen LogP contribution in [0.4, 0.5) is 0 Å². The first kappa shape index (κ1) is 15.7. The maximum absolute atomic E-state index is 4.44. The maximum Gasteiger partial charge on any atom is 0.191 e. The van der Waals surface area contributed by atoms with Gasteiger partial charge < -0.3 is 15.5 Å². The quantitative estimate of drug-likeness (QED) is 0.554. The molecule has 0 amide bonds. The minimum absolute atomic E-state index is 0.586. The first-order valence-electron chi connectivity index (χ1n) is 9.49. The van der Waals surface area contributed by atoms with Crippen molar-refractivity contribution in [1.29, 1.82) is 0 Å². The van der Waals surface area contributed by atoms with Crippen molar-refractivity contribution >= 4 is 5.96 Å². The standard InChI is InChI=1S/C17H32N6/c1-18-17(19-12-16-13-21-8-10-23(16)11-9-21)20-14-4-6-22(7-5-14)15-2-3-15/h14-16H,2-13H2,1H3,(H2,18,19,20). The highest BCUT2D eigenvalue weighted by atomic mass is 15.4. The van der Waals surface area contributed by atoms with E-state index in [1.165, 1.54) is 71.5 Å². The Bertz CT molecular complexity index is 419. The lowest BCUT2D eigenvalue weighted by Gasteiger charge is -2.47. The Hall–Kier alpha value is -0.850. The average Bonchev–Trinajstić information content (AvgIpc) is 3.45. The molecule has 130 valence electrons. The van der Waals surface area contributed by atoms with Gasteiger partial charge in [-0.2, -0.15) is 0 Å². The molecule has 4 heterocycles. The highest BCUT2D eigenvalue weighted by Crippen LogP contribution is 2.29. The third kappa shape index (κ3) is 3.80. The zero-order chi connectivity index (χ0) is 15.6. The van der Waals surface area contributed by atoms with Crippen LogP contribution in [0.1, 0.15) is 25.7 Å². The molecule has 0 radical (unpaired) electrons. The van der Waals surface area contributed by atoms with Crippen LogP contribution in [0.3, 0.4) is 0 Å². The highest BCUT2D eigenvalue weighted by molar-refractivity contribution is 5.80. The second kappa shape index (κ2) is 6.95. The number of nitrogens with zero attached hydrogens (tertiary/aromatic N) is 4. The summed E-state index contributed by atoms with van der Waals surface area (Å²) in [4.78, 5) is 12.3. The van der Waals surface area contributed by atoms with Crippen molar-refractivity contribution in [1.82, 2.24) is 25.3 Å². The number of likely N-dealkylation sites (tertiary alicyclic amines) is 1. The van der Waals surface area contributed by atoms with E-state index in [9.17, 15) is 0 Å². The average molecular weight is 320 g/mol. The van der Waals surface area contributed by atoms with Gasteiger partial charge in [-0.25, -0.2) is 0 Å². The van der Waals surface area contributed by atoms with Gasteiger partial charge in [-0.05, 0) is 25.7 Å². The van der Waals surface area contributed by atoms with E-state index >= 15 is 0 Å². The fourth-order valence-corrected chi connectivity index (χ4v) is 4.37. The van der Waals surface area contributed by atoms with Crippen LogP contribution in [0.5, 0.6) is 0 Å². The summed E-state index contributed by atoms with van der Waals surface area (Å²) in [6.07, 6.45) is 5.35. The smallest absolute Gasteiger partial charge is 0.191 e. The molecule has 1 atom stereocenters.